The van der Waals surface area contributed by atoms with Crippen LogP contribution >= 0.6 is 0 Å². The first kappa shape index (κ1) is 37.3. The minimum Gasteiger partial charge on any atom is -0.386 e. The summed E-state index contributed by atoms with van der Waals surface area (Å²) in [5, 5.41) is 12.7. The second-order valence-electron chi connectivity index (χ2n) is 14.4. The molecule has 8 aromatic rings. The maximum Gasteiger partial charge on any atom is 0.165 e. The third-order valence-electron chi connectivity index (χ3n) is 11.1. The molecule has 0 spiro atoms. The van der Waals surface area contributed by atoms with Crippen molar-refractivity contribution in [2.24, 2.45) is 5.73 Å². The highest BCUT2D eigenvalue weighted by molar-refractivity contribution is 5.73. The van der Waals surface area contributed by atoms with Crippen LogP contribution < -0.4 is 5.73 Å². The van der Waals surface area contributed by atoms with Crippen LogP contribution in [0.1, 0.15) is 45.3 Å². The van der Waals surface area contributed by atoms with E-state index < -0.39 is 35.7 Å². The Morgan fingerprint density at radius 3 is 1.40 bits per heavy atom. The molecule has 9 rings (SSSR count). The van der Waals surface area contributed by atoms with Gasteiger partial charge in [-0.05, 0) is 33.4 Å². The number of benzene rings is 6. The molecule has 4 atom stereocenters. The molecule has 1 saturated heterocycles. The summed E-state index contributed by atoms with van der Waals surface area (Å²) in [6, 6.07) is 61.0. The minimum absolute atomic E-state index is 0.0288. The molecule has 9 heteroatoms. The number of ether oxygens (including phenoxy) is 3. The third-order valence-corrected chi connectivity index (χ3v) is 11.1. The first-order valence-corrected chi connectivity index (χ1v) is 19.5. The maximum absolute atomic E-state index is 12.7. The summed E-state index contributed by atoms with van der Waals surface area (Å²) >= 11 is 0. The molecular weight excluding hydrogens is 723 g/mol. The zero-order chi connectivity index (χ0) is 39.4. The fourth-order valence-electron chi connectivity index (χ4n) is 8.37. The molecule has 0 aliphatic carbocycles. The zero-order valence-electron chi connectivity index (χ0n) is 31.7. The van der Waals surface area contributed by atoms with Crippen molar-refractivity contribution in [3.8, 4) is 0 Å². The number of hydrogen-bond acceptors (Lipinski definition) is 8. The van der Waals surface area contributed by atoms with Crippen molar-refractivity contribution in [2.75, 3.05) is 6.61 Å². The van der Waals surface area contributed by atoms with Crippen LogP contribution in [0.3, 0.4) is 0 Å². The molecule has 3 N–H and O–H groups in total. The zero-order valence-corrected chi connectivity index (χ0v) is 31.7. The first-order chi connectivity index (χ1) is 28.6. The molecule has 288 valence electrons. The van der Waals surface area contributed by atoms with E-state index in [1.807, 2.05) is 109 Å². The van der Waals surface area contributed by atoms with Gasteiger partial charge in [-0.3, -0.25) is 4.57 Å². The molecule has 6 aromatic carbocycles. The molecule has 0 radical (unpaired) electrons. The van der Waals surface area contributed by atoms with Gasteiger partial charge < -0.3 is 25.1 Å². The predicted octanol–water partition coefficient (Wildman–Crippen LogP) is 7.93. The summed E-state index contributed by atoms with van der Waals surface area (Å²) in [4.78, 5) is 13.6. The lowest BCUT2D eigenvalue weighted by molar-refractivity contribution is -0.131. The highest BCUT2D eigenvalue weighted by atomic mass is 16.6. The lowest BCUT2D eigenvalue weighted by atomic mass is 9.79. The number of aromatic nitrogens is 4. The number of imidazole rings is 1. The molecule has 0 unspecified atom stereocenters. The van der Waals surface area contributed by atoms with Crippen molar-refractivity contribution in [3.63, 3.8) is 0 Å². The van der Waals surface area contributed by atoms with Crippen LogP contribution in [0.4, 0.5) is 0 Å². The van der Waals surface area contributed by atoms with Gasteiger partial charge in [-0.25, -0.2) is 15.0 Å². The van der Waals surface area contributed by atoms with E-state index in [4.69, 9.17) is 19.9 Å². The first-order valence-electron chi connectivity index (χ1n) is 19.5. The summed E-state index contributed by atoms with van der Waals surface area (Å²) in [6.45, 7) is 0.210. The highest BCUT2D eigenvalue weighted by Crippen LogP contribution is 2.47. The number of aliphatic hydroxyl groups is 1. The number of nitrogens with zero attached hydrogens (tertiary/aromatic N) is 4. The molecule has 0 saturated carbocycles. The van der Waals surface area contributed by atoms with E-state index in [-0.39, 0.29) is 13.2 Å². The van der Waals surface area contributed by atoms with Crippen molar-refractivity contribution in [1.82, 2.24) is 19.5 Å². The van der Waals surface area contributed by atoms with Crippen LogP contribution in [0, 0.1) is 0 Å². The van der Waals surface area contributed by atoms with Crippen LogP contribution in [0.2, 0.25) is 0 Å². The summed E-state index contributed by atoms with van der Waals surface area (Å²) in [7, 11) is 0. The monoisotopic (exact) mass is 765 g/mol. The van der Waals surface area contributed by atoms with Gasteiger partial charge in [-0.15, -0.1) is 0 Å². The van der Waals surface area contributed by atoms with E-state index in [0.29, 0.717) is 16.9 Å². The van der Waals surface area contributed by atoms with Crippen molar-refractivity contribution < 1.29 is 19.3 Å². The van der Waals surface area contributed by atoms with Crippen LogP contribution in [0.25, 0.3) is 11.2 Å². The lowest BCUT2D eigenvalue weighted by Gasteiger charge is -2.41. The van der Waals surface area contributed by atoms with Gasteiger partial charge in [-0.1, -0.05) is 182 Å². The molecule has 3 heterocycles. The largest absolute Gasteiger partial charge is 0.386 e. The van der Waals surface area contributed by atoms with Gasteiger partial charge in [0.25, 0.3) is 0 Å². The molecule has 0 amide bonds. The van der Waals surface area contributed by atoms with Crippen molar-refractivity contribution in [2.45, 2.75) is 42.3 Å². The van der Waals surface area contributed by atoms with E-state index in [1.54, 1.807) is 10.9 Å². The topological polar surface area (TPSA) is 118 Å². The Bertz CT molecular complexity index is 2350. The number of aliphatic hydroxyl groups excluding tert-OH is 1. The molecular formula is C49H43N5O4. The van der Waals surface area contributed by atoms with Gasteiger partial charge >= 0.3 is 0 Å². The second-order valence-corrected chi connectivity index (χ2v) is 14.4. The number of hydrogen-bond donors (Lipinski definition) is 2. The van der Waals surface area contributed by atoms with Gasteiger partial charge in [0.2, 0.25) is 0 Å². The third kappa shape index (κ3) is 6.58. The maximum atomic E-state index is 12.7. The summed E-state index contributed by atoms with van der Waals surface area (Å²) in [6.07, 6.45) is -0.842. The van der Waals surface area contributed by atoms with E-state index in [0.717, 1.165) is 33.4 Å². The fourth-order valence-corrected chi connectivity index (χ4v) is 8.37. The molecule has 1 fully saturated rings. The average molecular weight is 766 g/mol. The van der Waals surface area contributed by atoms with Crippen LogP contribution in [0.15, 0.2) is 195 Å². The normalized spacial score (nSPS) is 18.4. The second kappa shape index (κ2) is 16.3. The number of nitrogens with two attached hydrogens (primary N) is 1. The van der Waals surface area contributed by atoms with Crippen molar-refractivity contribution in [3.05, 3.63) is 234 Å². The smallest absolute Gasteiger partial charge is 0.165 e. The van der Waals surface area contributed by atoms with E-state index in [1.165, 1.54) is 6.33 Å². The van der Waals surface area contributed by atoms with Crippen LogP contribution in [-0.4, -0.2) is 49.5 Å². The van der Waals surface area contributed by atoms with Crippen LogP contribution in [-0.2, 0) is 32.0 Å². The predicted molar refractivity (Wildman–Crippen MR) is 222 cm³/mol. The average Bonchev–Trinajstić information content (AvgIpc) is 3.87. The Labute approximate surface area is 337 Å². The molecule has 2 aromatic heterocycles. The minimum atomic E-state index is -1.21. The Kier molecular flexibility index (Phi) is 10.4. The molecule has 1 aliphatic heterocycles. The Morgan fingerprint density at radius 2 is 0.983 bits per heavy atom. The number of fused-ring (bicyclic) bond motifs is 1. The Hall–Kier alpha value is -6.33. The lowest BCUT2D eigenvalue weighted by Crippen LogP contribution is -2.46. The van der Waals surface area contributed by atoms with Gasteiger partial charge in [0, 0.05) is 6.54 Å². The summed E-state index contributed by atoms with van der Waals surface area (Å²) in [5.41, 5.74) is 11.0. The quantitative estimate of drug-likeness (QED) is 0.114. The van der Waals surface area contributed by atoms with Gasteiger partial charge in [0.05, 0.1) is 18.6 Å². The SMILES string of the molecule is NCc1ncnc2c1ncn2[C@@H]1O[C@H](COC(c2ccccc2)(c2ccccc2)c2ccccc2)[C@@H](OC(c2ccccc2)(c2ccccc2)c2ccccc2)[C@H]1O. The highest BCUT2D eigenvalue weighted by Gasteiger charge is 2.52. The van der Waals surface area contributed by atoms with E-state index in [2.05, 4.69) is 87.7 Å². The van der Waals surface area contributed by atoms with Gasteiger partial charge in [0.15, 0.2) is 11.9 Å². The van der Waals surface area contributed by atoms with E-state index in [9.17, 15) is 5.11 Å². The van der Waals surface area contributed by atoms with Crippen molar-refractivity contribution >= 4 is 11.2 Å². The van der Waals surface area contributed by atoms with Gasteiger partial charge in [-0.2, -0.15) is 0 Å². The molecule has 9 nitrogen and oxygen atoms in total. The number of rotatable bonds is 13. The Morgan fingerprint density at radius 1 is 0.569 bits per heavy atom. The van der Waals surface area contributed by atoms with Gasteiger partial charge in [0.1, 0.15) is 41.4 Å². The van der Waals surface area contributed by atoms with Crippen LogP contribution in [0.5, 0.6) is 0 Å². The fraction of sp³-hybridized carbons (Fsp3) is 0.163. The standard InChI is InChI=1S/C49H43N5O4/c50-31-41-43-46(52-33-51-41)54(34-53-43)47-44(55)45(58-49(38-25-13-4-14-26-38,39-27-15-5-16-28-39)40-29-17-6-18-30-40)42(57-47)32-56-48(35-19-7-1-8-20-35,36-21-9-2-10-22-36)37-23-11-3-12-24-37/h1-30,33-34,42,44-45,47,55H,31-32,50H2/t42-,44-,45-,47-/m1/s1. The molecule has 58 heavy (non-hydrogen) atoms. The van der Waals surface area contributed by atoms with Crippen molar-refractivity contribution in [1.29, 1.82) is 0 Å². The van der Waals surface area contributed by atoms with E-state index >= 15 is 0 Å². The summed E-state index contributed by atoms with van der Waals surface area (Å²) < 4.78 is 23.7. The molecule has 1 aliphatic rings. The molecule has 0 bridgehead atoms. The Balaban J connectivity index is 1.21. The summed E-state index contributed by atoms with van der Waals surface area (Å²) in [5.74, 6) is 0.